The Kier molecular flexibility index (Phi) is 7.14. The van der Waals surface area contributed by atoms with Gasteiger partial charge in [0.25, 0.3) is 5.91 Å². The fourth-order valence-corrected chi connectivity index (χ4v) is 7.43. The van der Waals surface area contributed by atoms with E-state index in [0.29, 0.717) is 40.9 Å². The van der Waals surface area contributed by atoms with E-state index in [2.05, 4.69) is 4.98 Å². The van der Waals surface area contributed by atoms with Gasteiger partial charge in [0.1, 0.15) is 0 Å². The molecule has 0 N–H and O–H groups in total. The third-order valence-electron chi connectivity index (χ3n) is 7.09. The maximum atomic E-state index is 13.9. The van der Waals surface area contributed by atoms with Crippen molar-refractivity contribution in [3.63, 3.8) is 0 Å². The number of aromatic nitrogens is 2. The number of fused-ring (bicyclic) bond motifs is 2. The first-order valence-electron chi connectivity index (χ1n) is 12.8. The molecule has 0 saturated heterocycles. The lowest BCUT2D eigenvalue weighted by atomic mass is 10.0. The van der Waals surface area contributed by atoms with E-state index in [1.165, 1.54) is 33.3 Å². The average Bonchev–Trinajstić information content (AvgIpc) is 3.43. The first-order chi connectivity index (χ1) is 19.3. The van der Waals surface area contributed by atoms with Gasteiger partial charge in [0.05, 0.1) is 27.4 Å². The molecule has 6 rings (SSSR count). The van der Waals surface area contributed by atoms with Gasteiger partial charge in [-0.3, -0.25) is 14.7 Å². The second-order valence-corrected chi connectivity index (χ2v) is 13.0. The number of benzene rings is 3. The molecule has 1 aliphatic heterocycles. The molecule has 1 aliphatic rings. The van der Waals surface area contributed by atoms with Crippen LogP contribution in [0.2, 0.25) is 5.02 Å². The molecular formula is C30H25ClN4O3S2. The summed E-state index contributed by atoms with van der Waals surface area (Å²) >= 11 is 7.72. The number of thiazole rings is 1. The number of aryl methyl sites for hydroxylation is 1. The summed E-state index contributed by atoms with van der Waals surface area (Å²) in [6, 6.07) is 23.3. The summed E-state index contributed by atoms with van der Waals surface area (Å²) < 4.78 is 29.3. The molecular weight excluding hydrogens is 564 g/mol. The Bertz CT molecular complexity index is 1820. The number of sulfonamides is 1. The highest BCUT2D eigenvalue weighted by Gasteiger charge is 2.29. The Morgan fingerprint density at radius 2 is 1.75 bits per heavy atom. The summed E-state index contributed by atoms with van der Waals surface area (Å²) in [5.74, 6) is -0.302. The molecule has 0 unspecified atom stereocenters. The Hall–Kier alpha value is -3.63. The topological polar surface area (TPSA) is 83.5 Å². The SMILES string of the molecule is Cc1c(Cl)ccc2sc(N(Cc3ccccn3)C(=O)c3ccc(S(=O)(=O)N4CCc5ccccc5C4)cc3)nc12. The van der Waals surface area contributed by atoms with Gasteiger partial charge in [0, 0.05) is 29.9 Å². The summed E-state index contributed by atoms with van der Waals surface area (Å²) in [5.41, 5.74) is 4.84. The van der Waals surface area contributed by atoms with E-state index in [-0.39, 0.29) is 17.3 Å². The fraction of sp³-hybridized carbons (Fsp3) is 0.167. The van der Waals surface area contributed by atoms with Crippen LogP contribution in [0.1, 0.15) is 32.7 Å². The third-order valence-corrected chi connectivity index (χ3v) is 10.4. The molecule has 0 atom stereocenters. The summed E-state index contributed by atoms with van der Waals surface area (Å²) in [6.45, 7) is 2.86. The zero-order chi connectivity index (χ0) is 27.9. The van der Waals surface area contributed by atoms with Gasteiger partial charge in [0.15, 0.2) is 5.13 Å². The predicted octanol–water partition coefficient (Wildman–Crippen LogP) is 6.25. The smallest absolute Gasteiger partial charge is 0.260 e. The van der Waals surface area contributed by atoms with Crippen LogP contribution in [0.4, 0.5) is 5.13 Å². The van der Waals surface area contributed by atoms with E-state index in [9.17, 15) is 13.2 Å². The van der Waals surface area contributed by atoms with E-state index in [1.807, 2.05) is 61.5 Å². The number of rotatable bonds is 6. The lowest BCUT2D eigenvalue weighted by Gasteiger charge is -2.28. The molecule has 5 aromatic rings. The second-order valence-electron chi connectivity index (χ2n) is 9.61. The van der Waals surface area contributed by atoms with Crippen molar-refractivity contribution in [2.45, 2.75) is 31.3 Å². The van der Waals surface area contributed by atoms with E-state index < -0.39 is 10.0 Å². The van der Waals surface area contributed by atoms with Crippen molar-refractivity contribution in [3.05, 3.63) is 118 Å². The van der Waals surface area contributed by atoms with Crippen molar-refractivity contribution in [1.82, 2.24) is 14.3 Å². The average molecular weight is 589 g/mol. The van der Waals surface area contributed by atoms with Crippen LogP contribution >= 0.6 is 22.9 Å². The Balaban J connectivity index is 1.30. The molecule has 7 nitrogen and oxygen atoms in total. The summed E-state index contributed by atoms with van der Waals surface area (Å²) in [4.78, 5) is 24.7. The normalized spacial score (nSPS) is 13.8. The van der Waals surface area contributed by atoms with Crippen LogP contribution in [0.15, 0.2) is 90.0 Å². The van der Waals surface area contributed by atoms with Gasteiger partial charge in [-0.15, -0.1) is 0 Å². The molecule has 3 heterocycles. The van der Waals surface area contributed by atoms with Crippen molar-refractivity contribution < 1.29 is 13.2 Å². The van der Waals surface area contributed by atoms with E-state index >= 15 is 0 Å². The van der Waals surface area contributed by atoms with Gasteiger partial charge in [-0.05, 0) is 78.6 Å². The summed E-state index contributed by atoms with van der Waals surface area (Å²) in [5, 5.41) is 1.13. The number of nitrogens with zero attached hydrogens (tertiary/aromatic N) is 4. The number of amides is 1. The molecule has 0 aliphatic carbocycles. The summed E-state index contributed by atoms with van der Waals surface area (Å²) in [6.07, 6.45) is 2.35. The quantitative estimate of drug-likeness (QED) is 0.234. The number of pyridine rings is 1. The van der Waals surface area contributed by atoms with Crippen molar-refractivity contribution in [1.29, 1.82) is 0 Å². The first-order valence-corrected chi connectivity index (χ1v) is 15.4. The van der Waals surface area contributed by atoms with Crippen LogP contribution in [0, 0.1) is 6.92 Å². The minimum atomic E-state index is -3.72. The zero-order valence-electron chi connectivity index (χ0n) is 21.6. The highest BCUT2D eigenvalue weighted by Crippen LogP contribution is 2.35. The Labute approximate surface area is 241 Å². The maximum absolute atomic E-state index is 13.9. The third kappa shape index (κ3) is 5.01. The zero-order valence-corrected chi connectivity index (χ0v) is 24.0. The minimum Gasteiger partial charge on any atom is -0.278 e. The van der Waals surface area contributed by atoms with Gasteiger partial charge in [0.2, 0.25) is 10.0 Å². The molecule has 10 heteroatoms. The monoisotopic (exact) mass is 588 g/mol. The highest BCUT2D eigenvalue weighted by molar-refractivity contribution is 7.89. The number of carbonyl (C=O) groups excluding carboxylic acids is 1. The number of hydrogen-bond donors (Lipinski definition) is 0. The predicted molar refractivity (Wildman–Crippen MR) is 158 cm³/mol. The van der Waals surface area contributed by atoms with Crippen LogP contribution in [-0.2, 0) is 29.5 Å². The number of anilines is 1. The molecule has 0 bridgehead atoms. The van der Waals surface area contributed by atoms with Crippen molar-refractivity contribution in [3.8, 4) is 0 Å². The number of hydrogen-bond acceptors (Lipinski definition) is 6. The van der Waals surface area contributed by atoms with Crippen molar-refractivity contribution in [2.24, 2.45) is 0 Å². The molecule has 0 spiro atoms. The van der Waals surface area contributed by atoms with Crippen LogP contribution in [0.25, 0.3) is 10.2 Å². The van der Waals surface area contributed by atoms with Gasteiger partial charge in [-0.25, -0.2) is 13.4 Å². The van der Waals surface area contributed by atoms with Gasteiger partial charge < -0.3 is 0 Å². The largest absolute Gasteiger partial charge is 0.278 e. The Morgan fingerprint density at radius 1 is 1.00 bits per heavy atom. The van der Waals surface area contributed by atoms with Crippen LogP contribution in [0.3, 0.4) is 0 Å². The molecule has 0 radical (unpaired) electrons. The molecule has 2 aromatic heterocycles. The van der Waals surface area contributed by atoms with Gasteiger partial charge in [-0.2, -0.15) is 4.31 Å². The lowest BCUT2D eigenvalue weighted by molar-refractivity contribution is 0.0984. The van der Waals surface area contributed by atoms with Crippen molar-refractivity contribution in [2.75, 3.05) is 11.4 Å². The summed E-state index contributed by atoms with van der Waals surface area (Å²) in [7, 11) is -3.72. The highest BCUT2D eigenvalue weighted by atomic mass is 35.5. The van der Waals surface area contributed by atoms with E-state index in [1.54, 1.807) is 23.2 Å². The molecule has 0 fully saturated rings. The fourth-order valence-electron chi connectivity index (χ4n) is 4.83. The van der Waals surface area contributed by atoms with Gasteiger partial charge >= 0.3 is 0 Å². The minimum absolute atomic E-state index is 0.157. The van der Waals surface area contributed by atoms with Crippen LogP contribution in [0.5, 0.6) is 0 Å². The van der Waals surface area contributed by atoms with E-state index in [4.69, 9.17) is 16.6 Å². The molecule has 202 valence electrons. The maximum Gasteiger partial charge on any atom is 0.260 e. The molecule has 0 saturated carbocycles. The second kappa shape index (κ2) is 10.7. The number of carbonyl (C=O) groups is 1. The van der Waals surface area contributed by atoms with Crippen molar-refractivity contribution >= 4 is 54.2 Å². The first kappa shape index (κ1) is 26.6. The van der Waals surface area contributed by atoms with Gasteiger partial charge in [-0.1, -0.05) is 53.3 Å². The lowest BCUT2D eigenvalue weighted by Crippen LogP contribution is -2.36. The van der Waals surface area contributed by atoms with Crippen LogP contribution < -0.4 is 4.90 Å². The molecule has 40 heavy (non-hydrogen) atoms. The van der Waals surface area contributed by atoms with E-state index in [0.717, 1.165) is 21.3 Å². The Morgan fingerprint density at radius 3 is 2.50 bits per heavy atom. The molecule has 1 amide bonds. The van der Waals surface area contributed by atoms with Crippen LogP contribution in [-0.4, -0.2) is 35.1 Å². The standard InChI is InChI=1S/C30H25ClN4O3S2/c1-20-26(31)13-14-27-28(20)33-30(39-27)35(19-24-8-4-5-16-32-24)29(36)22-9-11-25(12-10-22)40(37,38)34-17-15-21-6-2-3-7-23(21)18-34/h2-14,16H,15,17-19H2,1H3. The number of halogens is 1. The molecule has 3 aromatic carbocycles.